The topological polar surface area (TPSA) is 59.9 Å². The van der Waals surface area contributed by atoms with Gasteiger partial charge in [-0.2, -0.15) is 4.39 Å². The third-order valence-electron chi connectivity index (χ3n) is 4.01. The largest absolute Gasteiger partial charge is 0.308 e. The second kappa shape index (κ2) is 8.16. The summed E-state index contributed by atoms with van der Waals surface area (Å²) in [5, 5.41) is 0.126. The Morgan fingerprint density at radius 1 is 1.07 bits per heavy atom. The fourth-order valence-electron chi connectivity index (χ4n) is 2.70. The van der Waals surface area contributed by atoms with E-state index in [9.17, 15) is 17.2 Å². The standard InChI is InChI=1S/C20H15ClF2N2O2S/c1-13-8-15(12-28(26,27)19-5-3-2-4-17(19)21)9-18(22)16(13)7-6-14-10-24-20(23)25-11-14/h2-11H,12H2,1H3/b7-6+. The van der Waals surface area contributed by atoms with Gasteiger partial charge in [0.05, 0.1) is 15.7 Å². The number of hydrogen-bond acceptors (Lipinski definition) is 4. The van der Waals surface area contributed by atoms with Gasteiger partial charge in [0.2, 0.25) is 0 Å². The summed E-state index contributed by atoms with van der Waals surface area (Å²) in [7, 11) is -3.72. The Balaban J connectivity index is 1.88. The number of hydrogen-bond donors (Lipinski definition) is 0. The van der Waals surface area contributed by atoms with E-state index < -0.39 is 21.7 Å². The molecule has 1 heterocycles. The maximum absolute atomic E-state index is 14.6. The molecule has 0 saturated heterocycles. The van der Waals surface area contributed by atoms with Crippen LogP contribution < -0.4 is 0 Å². The third-order valence-corrected chi connectivity index (χ3v) is 6.19. The van der Waals surface area contributed by atoms with Crippen molar-refractivity contribution in [3.8, 4) is 0 Å². The number of rotatable bonds is 5. The molecule has 0 radical (unpaired) electrons. The van der Waals surface area contributed by atoms with Crippen molar-refractivity contribution in [1.82, 2.24) is 9.97 Å². The Hall–Kier alpha value is -2.64. The molecule has 0 aliphatic rings. The molecule has 1 aromatic heterocycles. The Kier molecular flexibility index (Phi) is 5.86. The van der Waals surface area contributed by atoms with E-state index >= 15 is 0 Å². The highest BCUT2D eigenvalue weighted by atomic mass is 35.5. The summed E-state index contributed by atoms with van der Waals surface area (Å²) >= 11 is 5.98. The van der Waals surface area contributed by atoms with Gasteiger partial charge in [-0.05, 0) is 36.2 Å². The zero-order valence-electron chi connectivity index (χ0n) is 14.7. The van der Waals surface area contributed by atoms with Gasteiger partial charge < -0.3 is 0 Å². The summed E-state index contributed by atoms with van der Waals surface area (Å²) < 4.78 is 52.5. The molecule has 3 aromatic rings. The van der Waals surface area contributed by atoms with E-state index in [4.69, 9.17) is 11.6 Å². The van der Waals surface area contributed by atoms with Crippen molar-refractivity contribution in [2.45, 2.75) is 17.6 Å². The van der Waals surface area contributed by atoms with Gasteiger partial charge in [0.15, 0.2) is 9.84 Å². The summed E-state index contributed by atoms with van der Waals surface area (Å²) in [4.78, 5) is 6.86. The van der Waals surface area contributed by atoms with E-state index in [1.54, 1.807) is 31.2 Å². The van der Waals surface area contributed by atoms with E-state index in [-0.39, 0.29) is 15.7 Å². The number of benzene rings is 2. The van der Waals surface area contributed by atoms with Crippen LogP contribution in [0, 0.1) is 18.8 Å². The molecule has 0 N–H and O–H groups in total. The van der Waals surface area contributed by atoms with Crippen LogP contribution in [-0.4, -0.2) is 18.4 Å². The molecule has 144 valence electrons. The van der Waals surface area contributed by atoms with Crippen molar-refractivity contribution in [3.63, 3.8) is 0 Å². The van der Waals surface area contributed by atoms with Gasteiger partial charge in [0, 0.05) is 23.5 Å². The summed E-state index contributed by atoms with van der Waals surface area (Å²) in [6, 6.07) is 8.92. The van der Waals surface area contributed by atoms with Crippen LogP contribution in [0.25, 0.3) is 12.2 Å². The van der Waals surface area contributed by atoms with E-state index in [0.717, 1.165) is 0 Å². The van der Waals surface area contributed by atoms with Gasteiger partial charge in [-0.3, -0.25) is 0 Å². The summed E-state index contributed by atoms with van der Waals surface area (Å²) in [6.07, 6.45) is 4.76. The molecule has 0 unspecified atom stereocenters. The maximum atomic E-state index is 14.6. The minimum Gasteiger partial charge on any atom is -0.223 e. The van der Waals surface area contributed by atoms with Crippen molar-refractivity contribution in [2.75, 3.05) is 0 Å². The first-order valence-corrected chi connectivity index (χ1v) is 10.2. The first kappa shape index (κ1) is 20.1. The summed E-state index contributed by atoms with van der Waals surface area (Å²) in [5.41, 5.74) is 1.68. The molecule has 0 aliphatic carbocycles. The molecule has 2 aromatic carbocycles. The first-order chi connectivity index (χ1) is 13.3. The monoisotopic (exact) mass is 420 g/mol. The van der Waals surface area contributed by atoms with Gasteiger partial charge in [-0.25, -0.2) is 22.8 Å². The Morgan fingerprint density at radius 3 is 2.39 bits per heavy atom. The van der Waals surface area contributed by atoms with Crippen LogP contribution >= 0.6 is 11.6 Å². The van der Waals surface area contributed by atoms with E-state index in [1.807, 2.05) is 0 Å². The summed E-state index contributed by atoms with van der Waals surface area (Å²) in [6.45, 7) is 1.68. The second-order valence-electron chi connectivity index (χ2n) is 6.12. The molecule has 0 spiro atoms. The normalized spacial score (nSPS) is 11.9. The highest BCUT2D eigenvalue weighted by Crippen LogP contribution is 2.26. The first-order valence-electron chi connectivity index (χ1n) is 8.18. The predicted octanol–water partition coefficient (Wildman–Crippen LogP) is 4.86. The molecule has 3 rings (SSSR count). The van der Waals surface area contributed by atoms with Crippen LogP contribution in [0.2, 0.25) is 5.02 Å². The Labute approximate surface area is 166 Å². The average Bonchev–Trinajstić information content (AvgIpc) is 2.62. The Bertz CT molecular complexity index is 1120. The van der Waals surface area contributed by atoms with Crippen molar-refractivity contribution >= 4 is 33.6 Å². The lowest BCUT2D eigenvalue weighted by Gasteiger charge is -2.10. The van der Waals surface area contributed by atoms with Crippen molar-refractivity contribution in [2.24, 2.45) is 0 Å². The number of nitrogens with zero attached hydrogens (tertiary/aromatic N) is 2. The lowest BCUT2D eigenvalue weighted by molar-refractivity contribution is 0.538. The Morgan fingerprint density at radius 2 is 1.75 bits per heavy atom. The zero-order valence-corrected chi connectivity index (χ0v) is 16.3. The van der Waals surface area contributed by atoms with Gasteiger partial charge in [0.1, 0.15) is 5.82 Å². The highest BCUT2D eigenvalue weighted by molar-refractivity contribution is 7.90. The van der Waals surface area contributed by atoms with Crippen LogP contribution in [0.1, 0.15) is 22.3 Å². The number of aromatic nitrogens is 2. The highest BCUT2D eigenvalue weighted by Gasteiger charge is 2.19. The van der Waals surface area contributed by atoms with Crippen molar-refractivity contribution in [1.29, 1.82) is 0 Å². The fraction of sp³-hybridized carbons (Fsp3) is 0.100. The smallest absolute Gasteiger partial charge is 0.223 e. The number of sulfone groups is 1. The molecule has 0 aliphatic heterocycles. The lowest BCUT2D eigenvalue weighted by atomic mass is 10.0. The van der Waals surface area contributed by atoms with Gasteiger partial charge in [-0.15, -0.1) is 0 Å². The van der Waals surface area contributed by atoms with Crippen molar-refractivity contribution < 1.29 is 17.2 Å². The van der Waals surface area contributed by atoms with Crippen LogP contribution in [0.3, 0.4) is 0 Å². The van der Waals surface area contributed by atoms with E-state index in [2.05, 4.69) is 9.97 Å². The van der Waals surface area contributed by atoms with Crippen LogP contribution in [-0.2, 0) is 15.6 Å². The zero-order chi connectivity index (χ0) is 20.3. The lowest BCUT2D eigenvalue weighted by Crippen LogP contribution is -2.06. The molecule has 8 heteroatoms. The molecule has 4 nitrogen and oxygen atoms in total. The molecular formula is C20H15ClF2N2O2S. The SMILES string of the molecule is Cc1cc(CS(=O)(=O)c2ccccc2Cl)cc(F)c1/C=C/c1cnc(F)nc1. The van der Waals surface area contributed by atoms with E-state index in [1.165, 1.54) is 36.7 Å². The summed E-state index contributed by atoms with van der Waals surface area (Å²) in [5.74, 6) is -0.937. The second-order valence-corrected chi connectivity index (χ2v) is 8.48. The van der Waals surface area contributed by atoms with Gasteiger partial charge in [-0.1, -0.05) is 42.0 Å². The fourth-order valence-corrected chi connectivity index (χ4v) is 4.60. The molecule has 0 bridgehead atoms. The van der Waals surface area contributed by atoms with E-state index in [0.29, 0.717) is 22.3 Å². The molecule has 0 fully saturated rings. The molecule has 28 heavy (non-hydrogen) atoms. The maximum Gasteiger partial charge on any atom is 0.308 e. The number of aryl methyl sites for hydroxylation is 1. The molecule has 0 amide bonds. The van der Waals surface area contributed by atoms with Crippen LogP contribution in [0.5, 0.6) is 0 Å². The van der Waals surface area contributed by atoms with Crippen molar-refractivity contribution in [3.05, 3.63) is 88.0 Å². The molecule has 0 atom stereocenters. The van der Waals surface area contributed by atoms with Gasteiger partial charge >= 0.3 is 6.08 Å². The minimum atomic E-state index is -3.72. The third kappa shape index (κ3) is 4.61. The number of halogens is 3. The van der Waals surface area contributed by atoms with Crippen LogP contribution in [0.15, 0.2) is 53.7 Å². The minimum absolute atomic E-state index is 0.00927. The predicted molar refractivity (Wildman–Crippen MR) is 104 cm³/mol. The molecule has 0 saturated carbocycles. The quantitative estimate of drug-likeness (QED) is 0.553. The van der Waals surface area contributed by atoms with Gasteiger partial charge in [0.25, 0.3) is 0 Å². The van der Waals surface area contributed by atoms with Crippen LogP contribution in [0.4, 0.5) is 8.78 Å². The molecular weight excluding hydrogens is 406 g/mol. The average molecular weight is 421 g/mol.